The number of nitrogens with zero attached hydrogens (tertiary/aromatic N) is 1. The fraction of sp³-hybridized carbons (Fsp3) is 0.500. The quantitative estimate of drug-likeness (QED) is 0.463. The maximum Gasteiger partial charge on any atom is 0.253 e. The van der Waals surface area contributed by atoms with Gasteiger partial charge in [0.2, 0.25) is 5.91 Å². The highest BCUT2D eigenvalue weighted by molar-refractivity contribution is 6.02. The van der Waals surface area contributed by atoms with Crippen LogP contribution in [0.25, 0.3) is 0 Å². The minimum Gasteiger partial charge on any atom is -0.382 e. The van der Waals surface area contributed by atoms with Gasteiger partial charge < -0.3 is 20.3 Å². The number of hydrogen-bond donors (Lipinski definition) is 2. The molecule has 0 spiro atoms. The molecule has 0 radical (unpaired) electrons. The van der Waals surface area contributed by atoms with Crippen molar-refractivity contribution in [1.29, 1.82) is 0 Å². The molecule has 6 heteroatoms. The Bertz CT molecular complexity index is 922. The van der Waals surface area contributed by atoms with Crippen LogP contribution in [0.15, 0.2) is 48.5 Å². The van der Waals surface area contributed by atoms with E-state index in [4.69, 9.17) is 4.74 Å². The number of anilines is 2. The number of piperidine rings is 1. The number of amides is 2. The Hall–Kier alpha value is -2.86. The summed E-state index contributed by atoms with van der Waals surface area (Å²) in [6, 6.07) is 16.3. The normalized spacial score (nSPS) is 14.3. The number of carbonyl (C=O) groups is 2. The lowest BCUT2D eigenvalue weighted by molar-refractivity contribution is -0.118. The van der Waals surface area contributed by atoms with Gasteiger partial charge in [0, 0.05) is 50.1 Å². The largest absolute Gasteiger partial charge is 0.382 e. The highest BCUT2D eigenvalue weighted by Gasteiger charge is 2.24. The van der Waals surface area contributed by atoms with E-state index in [-0.39, 0.29) is 17.7 Å². The first-order valence-corrected chi connectivity index (χ1v) is 12.6. The highest BCUT2D eigenvalue weighted by Crippen LogP contribution is 2.30. The van der Waals surface area contributed by atoms with Crippen LogP contribution >= 0.6 is 0 Å². The van der Waals surface area contributed by atoms with Crippen molar-refractivity contribution in [2.75, 3.05) is 43.1 Å². The Balaban J connectivity index is 1.69. The lowest BCUT2D eigenvalue weighted by Crippen LogP contribution is -2.36. The molecule has 0 aromatic heterocycles. The lowest BCUT2D eigenvalue weighted by atomic mass is 9.89. The predicted octanol–water partition coefficient (Wildman–Crippen LogP) is 4.90. The minimum absolute atomic E-state index is 0.0578. The summed E-state index contributed by atoms with van der Waals surface area (Å²) in [5.41, 5.74) is 3.58. The molecule has 0 atom stereocenters. The van der Waals surface area contributed by atoms with E-state index in [1.807, 2.05) is 39.0 Å². The molecule has 1 fully saturated rings. The van der Waals surface area contributed by atoms with E-state index in [0.717, 1.165) is 44.5 Å². The molecule has 2 amide bonds. The smallest absolute Gasteiger partial charge is 0.253 e. The molecule has 0 unspecified atom stereocenters. The average Bonchev–Trinajstić information content (AvgIpc) is 2.85. The Labute approximate surface area is 204 Å². The Kier molecular flexibility index (Phi) is 9.95. The van der Waals surface area contributed by atoms with Crippen LogP contribution in [-0.4, -0.2) is 44.7 Å². The Morgan fingerprint density at radius 3 is 2.50 bits per heavy atom. The third-order valence-electron chi connectivity index (χ3n) is 6.31. The van der Waals surface area contributed by atoms with Gasteiger partial charge in [-0.15, -0.1) is 0 Å². The third-order valence-corrected chi connectivity index (χ3v) is 6.31. The van der Waals surface area contributed by atoms with E-state index in [0.29, 0.717) is 36.9 Å². The van der Waals surface area contributed by atoms with E-state index in [9.17, 15) is 9.59 Å². The van der Waals surface area contributed by atoms with Gasteiger partial charge in [-0.2, -0.15) is 0 Å². The summed E-state index contributed by atoms with van der Waals surface area (Å²) in [6.07, 6.45) is 4.05. The van der Waals surface area contributed by atoms with Crippen LogP contribution in [0.1, 0.15) is 56.0 Å². The summed E-state index contributed by atoms with van der Waals surface area (Å²) < 4.78 is 5.37. The number of benzene rings is 2. The van der Waals surface area contributed by atoms with Gasteiger partial charge in [-0.05, 0) is 62.3 Å². The van der Waals surface area contributed by atoms with Gasteiger partial charge in [-0.1, -0.05) is 44.2 Å². The first kappa shape index (κ1) is 25.8. The molecule has 1 saturated heterocycles. The zero-order valence-electron chi connectivity index (χ0n) is 20.8. The van der Waals surface area contributed by atoms with Crippen LogP contribution in [0.5, 0.6) is 0 Å². The van der Waals surface area contributed by atoms with Crippen LogP contribution in [0, 0.1) is 11.8 Å². The van der Waals surface area contributed by atoms with Gasteiger partial charge in [-0.25, -0.2) is 0 Å². The first-order chi connectivity index (χ1) is 16.5. The van der Waals surface area contributed by atoms with Crippen molar-refractivity contribution >= 4 is 23.2 Å². The van der Waals surface area contributed by atoms with Gasteiger partial charge in [0.1, 0.15) is 0 Å². The fourth-order valence-electron chi connectivity index (χ4n) is 4.30. The monoisotopic (exact) mass is 465 g/mol. The molecule has 0 saturated carbocycles. The number of hydrogen-bond acceptors (Lipinski definition) is 4. The van der Waals surface area contributed by atoms with E-state index in [1.165, 1.54) is 5.56 Å². The van der Waals surface area contributed by atoms with Gasteiger partial charge >= 0.3 is 0 Å². The van der Waals surface area contributed by atoms with Gasteiger partial charge in [-0.3, -0.25) is 9.59 Å². The summed E-state index contributed by atoms with van der Waals surface area (Å²) >= 11 is 0. The second kappa shape index (κ2) is 13.1. The number of ether oxygens (including phenoxy) is 1. The van der Waals surface area contributed by atoms with Crippen molar-refractivity contribution in [3.63, 3.8) is 0 Å². The molecule has 6 nitrogen and oxygen atoms in total. The molecule has 2 aromatic carbocycles. The standard InChI is InChI=1S/C28H39N3O3/c1-4-34-18-8-15-29-28(33)25-20-24(30-27(32)21(2)3)11-12-26(25)31-16-13-23(14-17-31)19-22-9-6-5-7-10-22/h5-7,9-12,20-21,23H,4,8,13-19H2,1-3H3,(H,29,33)(H,30,32). The number of rotatable bonds is 11. The molecule has 2 aromatic rings. The average molecular weight is 466 g/mol. The molecule has 1 heterocycles. The fourth-order valence-corrected chi connectivity index (χ4v) is 4.30. The second-order valence-electron chi connectivity index (χ2n) is 9.30. The lowest BCUT2D eigenvalue weighted by Gasteiger charge is -2.35. The van der Waals surface area contributed by atoms with Crippen LogP contribution in [0.4, 0.5) is 11.4 Å². The molecule has 184 valence electrons. The maximum atomic E-state index is 13.1. The Morgan fingerprint density at radius 1 is 1.09 bits per heavy atom. The SMILES string of the molecule is CCOCCCNC(=O)c1cc(NC(=O)C(C)C)ccc1N1CCC(Cc2ccccc2)CC1. The van der Waals surface area contributed by atoms with Crippen LogP contribution in [0.2, 0.25) is 0 Å². The molecular weight excluding hydrogens is 426 g/mol. The molecule has 1 aliphatic heterocycles. The van der Waals surface area contributed by atoms with Crippen molar-refractivity contribution in [3.05, 3.63) is 59.7 Å². The topological polar surface area (TPSA) is 70.7 Å². The molecule has 2 N–H and O–H groups in total. The second-order valence-corrected chi connectivity index (χ2v) is 9.30. The summed E-state index contributed by atoms with van der Waals surface area (Å²) in [5.74, 6) is 0.356. The zero-order chi connectivity index (χ0) is 24.3. The number of nitrogens with one attached hydrogen (secondary N) is 2. The van der Waals surface area contributed by atoms with E-state index < -0.39 is 0 Å². The minimum atomic E-state index is -0.126. The van der Waals surface area contributed by atoms with E-state index in [2.05, 4.69) is 45.9 Å². The molecule has 0 aliphatic carbocycles. The number of carbonyl (C=O) groups excluding carboxylic acids is 2. The van der Waals surface area contributed by atoms with Gasteiger partial charge in [0.15, 0.2) is 0 Å². The van der Waals surface area contributed by atoms with Gasteiger partial charge in [0.25, 0.3) is 5.91 Å². The molecule has 3 rings (SSSR count). The van der Waals surface area contributed by atoms with Crippen molar-refractivity contribution in [3.8, 4) is 0 Å². The van der Waals surface area contributed by atoms with Crippen molar-refractivity contribution < 1.29 is 14.3 Å². The van der Waals surface area contributed by atoms with Crippen LogP contribution in [0.3, 0.4) is 0 Å². The van der Waals surface area contributed by atoms with Crippen LogP contribution in [-0.2, 0) is 16.0 Å². The molecule has 0 bridgehead atoms. The zero-order valence-corrected chi connectivity index (χ0v) is 20.8. The Morgan fingerprint density at radius 2 is 1.82 bits per heavy atom. The molecule has 1 aliphatic rings. The van der Waals surface area contributed by atoms with Gasteiger partial charge in [0.05, 0.1) is 5.56 Å². The van der Waals surface area contributed by atoms with Crippen molar-refractivity contribution in [1.82, 2.24) is 5.32 Å². The van der Waals surface area contributed by atoms with Crippen molar-refractivity contribution in [2.24, 2.45) is 11.8 Å². The molecular formula is C28H39N3O3. The third kappa shape index (κ3) is 7.59. The summed E-state index contributed by atoms with van der Waals surface area (Å²) in [5, 5.41) is 5.95. The highest BCUT2D eigenvalue weighted by atomic mass is 16.5. The summed E-state index contributed by atoms with van der Waals surface area (Å²) in [6.45, 7) is 9.37. The maximum absolute atomic E-state index is 13.1. The predicted molar refractivity (Wildman–Crippen MR) is 138 cm³/mol. The van der Waals surface area contributed by atoms with E-state index >= 15 is 0 Å². The van der Waals surface area contributed by atoms with Crippen LogP contribution < -0.4 is 15.5 Å². The summed E-state index contributed by atoms with van der Waals surface area (Å²) in [7, 11) is 0. The molecule has 34 heavy (non-hydrogen) atoms. The van der Waals surface area contributed by atoms with Crippen molar-refractivity contribution in [2.45, 2.75) is 46.5 Å². The van der Waals surface area contributed by atoms with E-state index in [1.54, 1.807) is 0 Å². The first-order valence-electron chi connectivity index (χ1n) is 12.6. The summed E-state index contributed by atoms with van der Waals surface area (Å²) in [4.78, 5) is 27.6.